The predicted octanol–water partition coefficient (Wildman–Crippen LogP) is 3.54. The summed E-state index contributed by atoms with van der Waals surface area (Å²) in [5, 5.41) is 3.95. The van der Waals surface area contributed by atoms with Gasteiger partial charge in [-0.15, -0.1) is 0 Å². The Labute approximate surface area is 116 Å². The van der Waals surface area contributed by atoms with E-state index < -0.39 is 0 Å². The van der Waals surface area contributed by atoms with Gasteiger partial charge in [0.15, 0.2) is 0 Å². The van der Waals surface area contributed by atoms with E-state index in [-0.39, 0.29) is 0 Å². The summed E-state index contributed by atoms with van der Waals surface area (Å²) in [7, 11) is 0. The third-order valence-corrected chi connectivity index (χ3v) is 5.18. The van der Waals surface area contributed by atoms with Crippen molar-refractivity contribution in [3.63, 3.8) is 0 Å². The van der Waals surface area contributed by atoms with Crippen LogP contribution in [0.4, 0.5) is 0 Å². The number of rotatable bonds is 3. The maximum Gasteiger partial charge on any atom is 0.0949 e. The maximum absolute atomic E-state index is 4.20. The summed E-state index contributed by atoms with van der Waals surface area (Å²) in [4.78, 5) is 4.20. The summed E-state index contributed by atoms with van der Waals surface area (Å²) in [5.41, 5.74) is 0.567. The highest BCUT2D eigenvalue weighted by atomic mass is 15.1. The standard InChI is InChI=1S/C16H27N3/c1-16(2)8-6-13(7-9-16)18-14-4-3-5-15(14)19-11-10-17-12-19/h10-15,18H,3-9H2,1-2H3. The molecule has 3 rings (SSSR count). The van der Waals surface area contributed by atoms with Gasteiger partial charge in [-0.3, -0.25) is 0 Å². The lowest BCUT2D eigenvalue weighted by atomic mass is 9.75. The summed E-state index contributed by atoms with van der Waals surface area (Å²) < 4.78 is 2.30. The Morgan fingerprint density at radius 3 is 2.63 bits per heavy atom. The first-order chi connectivity index (χ1) is 9.14. The van der Waals surface area contributed by atoms with Crippen LogP contribution >= 0.6 is 0 Å². The van der Waals surface area contributed by atoms with Crippen molar-refractivity contribution in [2.24, 2.45) is 5.41 Å². The smallest absolute Gasteiger partial charge is 0.0949 e. The number of nitrogens with zero attached hydrogens (tertiary/aromatic N) is 2. The molecule has 0 bridgehead atoms. The minimum Gasteiger partial charge on any atom is -0.333 e. The molecule has 1 heterocycles. The van der Waals surface area contributed by atoms with Gasteiger partial charge in [-0.25, -0.2) is 4.98 Å². The second-order valence-corrected chi connectivity index (χ2v) is 7.22. The van der Waals surface area contributed by atoms with E-state index in [1.54, 1.807) is 0 Å². The topological polar surface area (TPSA) is 29.9 Å². The Morgan fingerprint density at radius 2 is 1.95 bits per heavy atom. The Balaban J connectivity index is 1.58. The van der Waals surface area contributed by atoms with Crippen LogP contribution in [0.3, 0.4) is 0 Å². The normalized spacial score (nSPS) is 31.7. The Morgan fingerprint density at radius 1 is 1.16 bits per heavy atom. The van der Waals surface area contributed by atoms with Gasteiger partial charge < -0.3 is 9.88 Å². The van der Waals surface area contributed by atoms with E-state index in [0.717, 1.165) is 6.04 Å². The van der Waals surface area contributed by atoms with Crippen molar-refractivity contribution in [1.29, 1.82) is 0 Å². The molecule has 1 N–H and O–H groups in total. The molecular formula is C16H27N3. The fourth-order valence-corrected chi connectivity index (χ4v) is 3.83. The fourth-order valence-electron chi connectivity index (χ4n) is 3.83. The third kappa shape index (κ3) is 3.02. The predicted molar refractivity (Wildman–Crippen MR) is 78.1 cm³/mol. The molecule has 19 heavy (non-hydrogen) atoms. The highest BCUT2D eigenvalue weighted by Crippen LogP contribution is 2.37. The molecule has 0 radical (unpaired) electrons. The Bertz CT molecular complexity index is 386. The summed E-state index contributed by atoms with van der Waals surface area (Å²) in [6, 6.07) is 2.01. The lowest BCUT2D eigenvalue weighted by Crippen LogP contribution is -2.43. The zero-order valence-corrected chi connectivity index (χ0v) is 12.3. The molecule has 0 saturated heterocycles. The molecular weight excluding hydrogens is 234 g/mol. The summed E-state index contributed by atoms with van der Waals surface area (Å²) in [6.45, 7) is 4.82. The second kappa shape index (κ2) is 5.28. The summed E-state index contributed by atoms with van der Waals surface area (Å²) in [5.74, 6) is 0. The molecule has 0 aliphatic heterocycles. The van der Waals surface area contributed by atoms with E-state index in [1.807, 2.05) is 12.5 Å². The molecule has 2 unspecified atom stereocenters. The molecule has 2 fully saturated rings. The minimum absolute atomic E-state index is 0.567. The van der Waals surface area contributed by atoms with E-state index in [4.69, 9.17) is 0 Å². The summed E-state index contributed by atoms with van der Waals surface area (Å²) >= 11 is 0. The van der Waals surface area contributed by atoms with Crippen molar-refractivity contribution in [2.45, 2.75) is 76.9 Å². The molecule has 2 aliphatic carbocycles. The molecule has 1 aromatic rings. The molecule has 3 heteroatoms. The van der Waals surface area contributed by atoms with Gasteiger partial charge >= 0.3 is 0 Å². The van der Waals surface area contributed by atoms with E-state index in [0.29, 0.717) is 17.5 Å². The third-order valence-electron chi connectivity index (χ3n) is 5.18. The van der Waals surface area contributed by atoms with Crippen LogP contribution in [0.25, 0.3) is 0 Å². The lowest BCUT2D eigenvalue weighted by Gasteiger charge is -2.37. The fraction of sp³-hybridized carbons (Fsp3) is 0.812. The monoisotopic (exact) mass is 261 g/mol. The first-order valence-electron chi connectivity index (χ1n) is 7.88. The number of imidazole rings is 1. The van der Waals surface area contributed by atoms with E-state index in [1.165, 1.54) is 44.9 Å². The summed E-state index contributed by atoms with van der Waals surface area (Å²) in [6.07, 6.45) is 15.4. The Kier molecular flexibility index (Phi) is 3.66. The average molecular weight is 261 g/mol. The van der Waals surface area contributed by atoms with Crippen LogP contribution in [0.15, 0.2) is 18.7 Å². The molecule has 1 aromatic heterocycles. The Hall–Kier alpha value is -0.830. The molecule has 0 amide bonds. The van der Waals surface area contributed by atoms with Gasteiger partial charge in [0.2, 0.25) is 0 Å². The van der Waals surface area contributed by atoms with E-state index >= 15 is 0 Å². The van der Waals surface area contributed by atoms with Crippen LogP contribution in [-0.2, 0) is 0 Å². The van der Waals surface area contributed by atoms with Crippen LogP contribution in [0.1, 0.15) is 64.8 Å². The minimum atomic E-state index is 0.567. The number of hydrogen-bond donors (Lipinski definition) is 1. The van der Waals surface area contributed by atoms with E-state index in [2.05, 4.69) is 34.9 Å². The SMILES string of the molecule is CC1(C)CCC(NC2CCCC2n2ccnc2)CC1. The molecule has 2 aliphatic rings. The molecule has 2 atom stereocenters. The zero-order chi connectivity index (χ0) is 13.3. The molecule has 0 aromatic carbocycles. The van der Waals surface area contributed by atoms with Gasteiger partial charge in [0, 0.05) is 30.5 Å². The van der Waals surface area contributed by atoms with Crippen LogP contribution < -0.4 is 5.32 Å². The van der Waals surface area contributed by atoms with E-state index in [9.17, 15) is 0 Å². The van der Waals surface area contributed by atoms with Gasteiger partial charge in [-0.2, -0.15) is 0 Å². The van der Waals surface area contributed by atoms with Crippen molar-refractivity contribution < 1.29 is 0 Å². The van der Waals surface area contributed by atoms with Crippen molar-refractivity contribution >= 4 is 0 Å². The number of aromatic nitrogens is 2. The van der Waals surface area contributed by atoms with Crippen molar-refractivity contribution in [1.82, 2.24) is 14.9 Å². The molecule has 106 valence electrons. The van der Waals surface area contributed by atoms with Crippen LogP contribution in [-0.4, -0.2) is 21.6 Å². The van der Waals surface area contributed by atoms with Gasteiger partial charge in [-0.05, 0) is 50.4 Å². The number of nitrogens with one attached hydrogen (secondary N) is 1. The van der Waals surface area contributed by atoms with Gasteiger partial charge in [0.1, 0.15) is 0 Å². The van der Waals surface area contributed by atoms with Crippen molar-refractivity contribution in [2.75, 3.05) is 0 Å². The van der Waals surface area contributed by atoms with Crippen LogP contribution in [0, 0.1) is 5.41 Å². The van der Waals surface area contributed by atoms with Gasteiger partial charge in [-0.1, -0.05) is 13.8 Å². The molecule has 2 saturated carbocycles. The highest BCUT2D eigenvalue weighted by Gasteiger charge is 2.32. The van der Waals surface area contributed by atoms with Crippen LogP contribution in [0.5, 0.6) is 0 Å². The van der Waals surface area contributed by atoms with Crippen molar-refractivity contribution in [3.8, 4) is 0 Å². The molecule has 3 nitrogen and oxygen atoms in total. The second-order valence-electron chi connectivity index (χ2n) is 7.22. The van der Waals surface area contributed by atoms with Gasteiger partial charge in [0.05, 0.1) is 6.33 Å². The first kappa shape index (κ1) is 13.2. The zero-order valence-electron chi connectivity index (χ0n) is 12.3. The maximum atomic E-state index is 4.20. The highest BCUT2D eigenvalue weighted by molar-refractivity contribution is 4.94. The van der Waals surface area contributed by atoms with Crippen LogP contribution in [0.2, 0.25) is 0 Å². The lowest BCUT2D eigenvalue weighted by molar-refractivity contribution is 0.191. The first-order valence-corrected chi connectivity index (χ1v) is 7.88. The largest absolute Gasteiger partial charge is 0.333 e. The van der Waals surface area contributed by atoms with Gasteiger partial charge in [0.25, 0.3) is 0 Å². The quantitative estimate of drug-likeness (QED) is 0.902. The average Bonchev–Trinajstić information content (AvgIpc) is 3.02. The number of hydrogen-bond acceptors (Lipinski definition) is 2. The molecule has 0 spiro atoms. The van der Waals surface area contributed by atoms with Crippen molar-refractivity contribution in [3.05, 3.63) is 18.7 Å².